The monoisotopic (exact) mass is 458 g/mol. The second-order valence-electron chi connectivity index (χ2n) is 7.96. The van der Waals surface area contributed by atoms with E-state index in [1.807, 2.05) is 0 Å². The maximum Gasteiger partial charge on any atom is 0.295 e. The van der Waals surface area contributed by atoms with Crippen molar-refractivity contribution in [3.63, 3.8) is 0 Å². The van der Waals surface area contributed by atoms with Gasteiger partial charge in [0.1, 0.15) is 5.76 Å². The van der Waals surface area contributed by atoms with Crippen molar-refractivity contribution in [2.24, 2.45) is 0 Å². The molecule has 3 aliphatic rings. The normalized spacial score (nSPS) is 19.6. The van der Waals surface area contributed by atoms with Gasteiger partial charge in [0.15, 0.2) is 23.0 Å². The van der Waals surface area contributed by atoms with Crippen LogP contribution < -0.4 is 18.9 Å². The van der Waals surface area contributed by atoms with E-state index in [-0.39, 0.29) is 31.5 Å². The van der Waals surface area contributed by atoms with Gasteiger partial charge >= 0.3 is 0 Å². The van der Waals surface area contributed by atoms with Gasteiger partial charge in [-0.1, -0.05) is 6.07 Å². The van der Waals surface area contributed by atoms with Crippen molar-refractivity contribution in [2.75, 3.05) is 13.6 Å². The number of fused-ring (bicyclic) bond motifs is 2. The Hall–Kier alpha value is -4.53. The second kappa shape index (κ2) is 7.80. The number of likely N-dealkylation sites (tertiary alicyclic amines) is 1. The number of aromatic nitrogens is 1. The number of aliphatic hydroxyl groups excluding tert-OH is 1. The van der Waals surface area contributed by atoms with Crippen LogP contribution in [0.15, 0.2) is 66.5 Å². The summed E-state index contributed by atoms with van der Waals surface area (Å²) in [6.07, 6.45) is 3.24. The molecule has 3 aromatic rings. The zero-order valence-electron chi connectivity index (χ0n) is 17.8. The molecule has 0 saturated carbocycles. The molecule has 0 bridgehead atoms. The fourth-order valence-corrected chi connectivity index (χ4v) is 4.36. The van der Waals surface area contributed by atoms with Crippen molar-refractivity contribution >= 4 is 17.4 Å². The van der Waals surface area contributed by atoms with Crippen molar-refractivity contribution in [1.82, 2.24) is 9.88 Å². The standard InChI is InChI=1S/C25H18N2O7/c28-23(16-2-4-18-20(10-16)34-13-32-18)21-22(15-1-3-17-19(9-15)33-12-31-17)27(25(30)24(21)29)11-14-5-7-26-8-6-14/h1-10,22,28H,11-13H2/b23-21+. The van der Waals surface area contributed by atoms with Gasteiger partial charge in [-0.3, -0.25) is 14.6 Å². The Bertz CT molecular complexity index is 1350. The molecular formula is C25H18N2O7. The first kappa shape index (κ1) is 20.1. The van der Waals surface area contributed by atoms with Crippen LogP contribution in [0.5, 0.6) is 23.0 Å². The molecule has 1 amide bonds. The molecule has 1 fully saturated rings. The summed E-state index contributed by atoms with van der Waals surface area (Å²) in [5, 5.41) is 11.3. The lowest BCUT2D eigenvalue weighted by atomic mass is 9.94. The van der Waals surface area contributed by atoms with Gasteiger partial charge < -0.3 is 29.0 Å². The first-order valence-electron chi connectivity index (χ1n) is 10.6. The number of carbonyl (C=O) groups excluding carboxylic acids is 2. The van der Waals surface area contributed by atoms with Crippen molar-refractivity contribution in [1.29, 1.82) is 0 Å². The van der Waals surface area contributed by atoms with Crippen LogP contribution in [0.3, 0.4) is 0 Å². The Balaban J connectivity index is 1.49. The van der Waals surface area contributed by atoms with Crippen LogP contribution in [-0.2, 0) is 16.1 Å². The predicted molar refractivity (Wildman–Crippen MR) is 117 cm³/mol. The summed E-state index contributed by atoms with van der Waals surface area (Å²) < 4.78 is 21.7. The van der Waals surface area contributed by atoms with E-state index in [4.69, 9.17) is 18.9 Å². The Morgan fingerprint density at radius 1 is 0.882 bits per heavy atom. The maximum absolute atomic E-state index is 13.2. The minimum atomic E-state index is -0.840. The van der Waals surface area contributed by atoms with Crippen molar-refractivity contribution < 1.29 is 33.6 Å². The van der Waals surface area contributed by atoms with Gasteiger partial charge in [-0.25, -0.2) is 0 Å². The average Bonchev–Trinajstić information content (AvgIpc) is 3.58. The number of pyridine rings is 1. The van der Waals surface area contributed by atoms with Gasteiger partial charge in [-0.05, 0) is 53.6 Å². The van der Waals surface area contributed by atoms with Gasteiger partial charge in [0.25, 0.3) is 11.7 Å². The lowest BCUT2D eigenvalue weighted by Gasteiger charge is -2.25. The van der Waals surface area contributed by atoms with Gasteiger partial charge in [-0.2, -0.15) is 0 Å². The number of ether oxygens (including phenoxy) is 4. The van der Waals surface area contributed by atoms with Crippen molar-refractivity contribution in [2.45, 2.75) is 12.6 Å². The van der Waals surface area contributed by atoms with Gasteiger partial charge in [0.05, 0.1) is 11.6 Å². The molecule has 9 heteroatoms. The molecule has 1 N–H and O–H groups in total. The molecule has 1 aromatic heterocycles. The fourth-order valence-electron chi connectivity index (χ4n) is 4.36. The molecule has 1 saturated heterocycles. The molecule has 6 rings (SSSR count). The molecule has 2 aromatic carbocycles. The number of hydrogen-bond acceptors (Lipinski definition) is 8. The number of Topliss-reactive ketones (excluding diaryl/α,β-unsaturated/α-hetero) is 1. The molecule has 0 spiro atoms. The molecule has 170 valence electrons. The van der Waals surface area contributed by atoms with E-state index in [1.54, 1.807) is 60.9 Å². The molecule has 0 radical (unpaired) electrons. The molecule has 34 heavy (non-hydrogen) atoms. The molecule has 1 atom stereocenters. The van der Waals surface area contributed by atoms with Crippen molar-refractivity contribution in [3.8, 4) is 23.0 Å². The highest BCUT2D eigenvalue weighted by Gasteiger charge is 2.46. The summed E-state index contributed by atoms with van der Waals surface area (Å²) in [6, 6.07) is 12.8. The van der Waals surface area contributed by atoms with Crippen molar-refractivity contribution in [3.05, 3.63) is 83.2 Å². The van der Waals surface area contributed by atoms with Gasteiger partial charge in [0, 0.05) is 24.5 Å². The van der Waals surface area contributed by atoms with Crippen LogP contribution in [0, 0.1) is 0 Å². The number of rotatable bonds is 4. The molecular weight excluding hydrogens is 440 g/mol. The topological polar surface area (TPSA) is 107 Å². The Morgan fingerprint density at radius 3 is 2.26 bits per heavy atom. The number of ketones is 1. The third-order valence-corrected chi connectivity index (χ3v) is 6.00. The Labute approximate surface area is 193 Å². The van der Waals surface area contributed by atoms with E-state index in [2.05, 4.69) is 4.98 Å². The van der Waals surface area contributed by atoms with Crippen LogP contribution in [0.2, 0.25) is 0 Å². The van der Waals surface area contributed by atoms with Crippen LogP contribution in [-0.4, -0.2) is 40.3 Å². The van der Waals surface area contributed by atoms with Crippen LogP contribution >= 0.6 is 0 Å². The van der Waals surface area contributed by atoms with E-state index in [0.717, 1.165) is 5.56 Å². The third-order valence-electron chi connectivity index (χ3n) is 6.00. The number of hydrogen-bond donors (Lipinski definition) is 1. The van der Waals surface area contributed by atoms with E-state index < -0.39 is 17.7 Å². The minimum absolute atomic E-state index is 0.0169. The Kier molecular flexibility index (Phi) is 4.61. The number of aliphatic hydroxyl groups is 1. The minimum Gasteiger partial charge on any atom is -0.507 e. The van der Waals surface area contributed by atoms with Crippen LogP contribution in [0.25, 0.3) is 5.76 Å². The van der Waals surface area contributed by atoms with E-state index in [0.29, 0.717) is 34.1 Å². The summed E-state index contributed by atoms with van der Waals surface area (Å²) >= 11 is 0. The molecule has 1 unspecified atom stereocenters. The molecule has 9 nitrogen and oxygen atoms in total. The fraction of sp³-hybridized carbons (Fsp3) is 0.160. The smallest absolute Gasteiger partial charge is 0.295 e. The van der Waals surface area contributed by atoms with Gasteiger partial charge in [0.2, 0.25) is 13.6 Å². The lowest BCUT2D eigenvalue weighted by Crippen LogP contribution is -2.29. The number of benzene rings is 2. The first-order chi connectivity index (χ1) is 16.6. The molecule has 3 aliphatic heterocycles. The molecule has 0 aliphatic carbocycles. The number of nitrogens with zero attached hydrogens (tertiary/aromatic N) is 2. The summed E-state index contributed by atoms with van der Waals surface area (Å²) in [5.74, 6) is 0.308. The highest BCUT2D eigenvalue weighted by molar-refractivity contribution is 6.46. The SMILES string of the molecule is O=C1C(=O)N(Cc2ccncc2)C(c2ccc3c(c2)OCO3)/C1=C(\O)c1ccc2c(c1)OCO2. The zero-order chi connectivity index (χ0) is 23.2. The lowest BCUT2D eigenvalue weighted by molar-refractivity contribution is -0.140. The predicted octanol–water partition coefficient (Wildman–Crippen LogP) is 3.16. The number of amides is 1. The Morgan fingerprint density at radius 2 is 1.53 bits per heavy atom. The highest BCUT2D eigenvalue weighted by atomic mass is 16.7. The quantitative estimate of drug-likeness (QED) is 0.361. The highest BCUT2D eigenvalue weighted by Crippen LogP contribution is 2.44. The largest absolute Gasteiger partial charge is 0.507 e. The van der Waals surface area contributed by atoms with Crippen LogP contribution in [0.4, 0.5) is 0 Å². The van der Waals surface area contributed by atoms with Gasteiger partial charge in [-0.15, -0.1) is 0 Å². The zero-order valence-corrected chi connectivity index (χ0v) is 17.8. The van der Waals surface area contributed by atoms with Crippen LogP contribution in [0.1, 0.15) is 22.7 Å². The summed E-state index contributed by atoms with van der Waals surface area (Å²) in [6.45, 7) is 0.324. The summed E-state index contributed by atoms with van der Waals surface area (Å²) in [7, 11) is 0. The summed E-state index contributed by atoms with van der Waals surface area (Å²) in [4.78, 5) is 31.9. The first-order valence-corrected chi connectivity index (χ1v) is 10.6. The van der Waals surface area contributed by atoms with E-state index >= 15 is 0 Å². The average molecular weight is 458 g/mol. The summed E-state index contributed by atoms with van der Waals surface area (Å²) in [5.41, 5.74) is 1.74. The third kappa shape index (κ3) is 3.21. The second-order valence-corrected chi connectivity index (χ2v) is 7.96. The molecule has 4 heterocycles. The maximum atomic E-state index is 13.2. The van der Waals surface area contributed by atoms with E-state index in [9.17, 15) is 14.7 Å². The number of carbonyl (C=O) groups is 2. The van der Waals surface area contributed by atoms with E-state index in [1.165, 1.54) is 4.90 Å².